The van der Waals surface area contributed by atoms with Gasteiger partial charge in [0.25, 0.3) is 0 Å². The van der Waals surface area contributed by atoms with Crippen molar-refractivity contribution in [1.82, 2.24) is 0 Å². The van der Waals surface area contributed by atoms with Gasteiger partial charge in [-0.1, -0.05) is 49.2 Å². The molecule has 0 aromatic heterocycles. The molecule has 0 bridgehead atoms. The second-order valence-electron chi connectivity index (χ2n) is 6.46. The lowest BCUT2D eigenvalue weighted by atomic mass is 9.65. The molecule has 1 fully saturated rings. The molecular formula is C17H23BrN2. The van der Waals surface area contributed by atoms with Crippen molar-refractivity contribution in [1.29, 1.82) is 5.26 Å². The summed E-state index contributed by atoms with van der Waals surface area (Å²) in [5, 5.41) is 13.4. The summed E-state index contributed by atoms with van der Waals surface area (Å²) < 4.78 is 1.04. The van der Waals surface area contributed by atoms with Crippen molar-refractivity contribution in [3.8, 4) is 6.07 Å². The lowest BCUT2D eigenvalue weighted by molar-refractivity contribution is 0.167. The lowest BCUT2D eigenvalue weighted by Gasteiger charge is -2.44. The lowest BCUT2D eigenvalue weighted by Crippen LogP contribution is -2.50. The average Bonchev–Trinajstić information content (AvgIpc) is 2.38. The number of benzene rings is 1. The molecular weight excluding hydrogens is 312 g/mol. The molecule has 20 heavy (non-hydrogen) atoms. The summed E-state index contributed by atoms with van der Waals surface area (Å²) in [4.78, 5) is 0. The van der Waals surface area contributed by atoms with Gasteiger partial charge in [0.2, 0.25) is 0 Å². The molecule has 1 aliphatic rings. The Hall–Kier alpha value is -1.01. The number of nitrogens with one attached hydrogen (secondary N) is 1. The van der Waals surface area contributed by atoms with Gasteiger partial charge in [0.15, 0.2) is 0 Å². The Bertz CT molecular complexity index is 506. The molecule has 1 aromatic rings. The molecule has 0 amide bonds. The van der Waals surface area contributed by atoms with Crippen LogP contribution in [0.25, 0.3) is 0 Å². The first-order valence-corrected chi connectivity index (χ1v) is 8.21. The molecule has 0 spiro atoms. The highest BCUT2D eigenvalue weighted by Gasteiger charge is 2.44. The third-order valence-corrected chi connectivity index (χ3v) is 4.96. The predicted molar refractivity (Wildman–Crippen MR) is 87.5 cm³/mol. The number of hydrogen-bond acceptors (Lipinski definition) is 2. The van der Waals surface area contributed by atoms with Crippen molar-refractivity contribution < 1.29 is 0 Å². The van der Waals surface area contributed by atoms with Gasteiger partial charge >= 0.3 is 0 Å². The molecule has 2 rings (SSSR count). The second-order valence-corrected chi connectivity index (χ2v) is 7.37. The van der Waals surface area contributed by atoms with Gasteiger partial charge < -0.3 is 5.32 Å². The standard InChI is InChI=1S/C17H23BrN2/c1-12(2)16-8-7-13(3)10-17(16,11-19)20-15-6-4-5-14(18)9-15/h4-6,9,12-13,16,20H,7-8,10H2,1-3H3. The van der Waals surface area contributed by atoms with Crippen LogP contribution in [0.15, 0.2) is 28.7 Å². The Morgan fingerprint density at radius 1 is 1.40 bits per heavy atom. The number of nitriles is 1. The van der Waals surface area contributed by atoms with Crippen molar-refractivity contribution in [3.05, 3.63) is 28.7 Å². The molecule has 1 saturated carbocycles. The van der Waals surface area contributed by atoms with Crippen molar-refractivity contribution in [2.75, 3.05) is 5.32 Å². The van der Waals surface area contributed by atoms with E-state index < -0.39 is 5.54 Å². The fourth-order valence-electron chi connectivity index (χ4n) is 3.54. The smallest absolute Gasteiger partial charge is 0.128 e. The Morgan fingerprint density at radius 2 is 2.15 bits per heavy atom. The Kier molecular flexibility index (Phi) is 4.75. The van der Waals surface area contributed by atoms with Gasteiger partial charge in [0.1, 0.15) is 5.54 Å². The number of nitrogens with zero attached hydrogens (tertiary/aromatic N) is 1. The number of anilines is 1. The maximum absolute atomic E-state index is 9.89. The van der Waals surface area contributed by atoms with Crippen molar-refractivity contribution >= 4 is 21.6 Å². The third-order valence-electron chi connectivity index (χ3n) is 4.47. The van der Waals surface area contributed by atoms with Gasteiger partial charge in [-0.15, -0.1) is 0 Å². The van der Waals surface area contributed by atoms with E-state index >= 15 is 0 Å². The second kappa shape index (κ2) is 6.18. The topological polar surface area (TPSA) is 35.8 Å². The Balaban J connectivity index is 2.32. The fraction of sp³-hybridized carbons (Fsp3) is 0.588. The SMILES string of the molecule is CC1CCC(C(C)C)C(C#N)(Nc2cccc(Br)c2)C1. The fourth-order valence-corrected chi connectivity index (χ4v) is 3.94. The summed E-state index contributed by atoms with van der Waals surface area (Å²) in [5.74, 6) is 1.52. The van der Waals surface area contributed by atoms with E-state index in [1.807, 2.05) is 18.2 Å². The maximum Gasteiger partial charge on any atom is 0.128 e. The van der Waals surface area contributed by atoms with Crippen molar-refractivity contribution in [2.24, 2.45) is 17.8 Å². The quantitative estimate of drug-likeness (QED) is 0.822. The molecule has 0 heterocycles. The van der Waals surface area contributed by atoms with E-state index in [0.29, 0.717) is 17.8 Å². The van der Waals surface area contributed by atoms with Crippen molar-refractivity contribution in [2.45, 2.75) is 45.6 Å². The van der Waals surface area contributed by atoms with Crippen LogP contribution in [0, 0.1) is 29.1 Å². The minimum atomic E-state index is -0.438. The number of hydrogen-bond donors (Lipinski definition) is 1. The average molecular weight is 335 g/mol. The van der Waals surface area contributed by atoms with Crippen LogP contribution in [0.3, 0.4) is 0 Å². The summed E-state index contributed by atoms with van der Waals surface area (Å²) in [7, 11) is 0. The molecule has 0 radical (unpaired) electrons. The molecule has 1 aromatic carbocycles. The van der Waals surface area contributed by atoms with Crippen LogP contribution in [0.5, 0.6) is 0 Å². The number of halogens is 1. The molecule has 3 unspecified atom stereocenters. The molecule has 3 atom stereocenters. The van der Waals surface area contributed by atoms with E-state index in [4.69, 9.17) is 0 Å². The van der Waals surface area contributed by atoms with Crippen LogP contribution in [-0.2, 0) is 0 Å². The molecule has 0 saturated heterocycles. The zero-order valence-electron chi connectivity index (χ0n) is 12.5. The molecule has 108 valence electrons. The maximum atomic E-state index is 9.89. The minimum Gasteiger partial charge on any atom is -0.367 e. The highest BCUT2D eigenvalue weighted by atomic mass is 79.9. The van der Waals surface area contributed by atoms with Gasteiger partial charge in [0.05, 0.1) is 6.07 Å². The predicted octanol–water partition coefficient (Wildman–Crippen LogP) is 5.22. The molecule has 1 aliphatic carbocycles. The van der Waals surface area contributed by atoms with Crippen LogP contribution in [0.1, 0.15) is 40.0 Å². The van der Waals surface area contributed by atoms with Gasteiger partial charge in [-0.05, 0) is 48.8 Å². The first kappa shape index (κ1) is 15.4. The first-order valence-electron chi connectivity index (χ1n) is 7.42. The van der Waals surface area contributed by atoms with E-state index in [1.165, 1.54) is 6.42 Å². The number of rotatable bonds is 3. The zero-order chi connectivity index (χ0) is 14.8. The van der Waals surface area contributed by atoms with E-state index in [1.54, 1.807) is 0 Å². The molecule has 2 nitrogen and oxygen atoms in total. The Labute approximate surface area is 130 Å². The monoisotopic (exact) mass is 334 g/mol. The first-order chi connectivity index (χ1) is 9.47. The highest BCUT2D eigenvalue weighted by Crippen LogP contribution is 2.42. The summed E-state index contributed by atoms with van der Waals surface area (Å²) in [6.07, 6.45) is 3.29. The van der Waals surface area contributed by atoms with Gasteiger partial charge in [-0.3, -0.25) is 0 Å². The van der Waals surface area contributed by atoms with E-state index in [9.17, 15) is 5.26 Å². The van der Waals surface area contributed by atoms with Crippen LogP contribution < -0.4 is 5.32 Å². The van der Waals surface area contributed by atoms with Gasteiger partial charge in [-0.2, -0.15) is 5.26 Å². The third kappa shape index (κ3) is 3.17. The highest BCUT2D eigenvalue weighted by molar-refractivity contribution is 9.10. The molecule has 0 aliphatic heterocycles. The Morgan fingerprint density at radius 3 is 2.75 bits per heavy atom. The van der Waals surface area contributed by atoms with Crippen LogP contribution in [0.2, 0.25) is 0 Å². The zero-order valence-corrected chi connectivity index (χ0v) is 14.1. The van der Waals surface area contributed by atoms with E-state index in [-0.39, 0.29) is 0 Å². The summed E-state index contributed by atoms with van der Waals surface area (Å²) >= 11 is 3.50. The van der Waals surface area contributed by atoms with Gasteiger partial charge in [-0.25, -0.2) is 0 Å². The summed E-state index contributed by atoms with van der Waals surface area (Å²) in [6, 6.07) is 10.7. The summed E-state index contributed by atoms with van der Waals surface area (Å²) in [6.45, 7) is 6.72. The minimum absolute atomic E-state index is 0.405. The van der Waals surface area contributed by atoms with Crippen LogP contribution in [-0.4, -0.2) is 5.54 Å². The largest absolute Gasteiger partial charge is 0.367 e. The molecule has 3 heteroatoms. The van der Waals surface area contributed by atoms with E-state index in [2.05, 4.69) is 54.2 Å². The molecule has 1 N–H and O–H groups in total. The van der Waals surface area contributed by atoms with Crippen LogP contribution in [0.4, 0.5) is 5.69 Å². The van der Waals surface area contributed by atoms with Gasteiger partial charge in [0, 0.05) is 10.2 Å². The van der Waals surface area contributed by atoms with Crippen molar-refractivity contribution in [3.63, 3.8) is 0 Å². The normalized spacial score (nSPS) is 30.0. The van der Waals surface area contributed by atoms with Crippen LogP contribution >= 0.6 is 15.9 Å². The summed E-state index contributed by atoms with van der Waals surface area (Å²) in [5.41, 5.74) is 0.591. The van der Waals surface area contributed by atoms with E-state index in [0.717, 1.165) is 23.0 Å².